The third-order valence-corrected chi connectivity index (χ3v) is 3.26. The molecule has 0 spiro atoms. The fourth-order valence-corrected chi connectivity index (χ4v) is 2.43. The Labute approximate surface area is 102 Å². The highest BCUT2D eigenvalue weighted by Gasteiger charge is 2.07. The van der Waals surface area contributed by atoms with Gasteiger partial charge in [0.25, 0.3) is 0 Å². The first kappa shape index (κ1) is 11.9. The van der Waals surface area contributed by atoms with Crippen molar-refractivity contribution in [2.45, 2.75) is 33.2 Å². The Hall–Kier alpha value is -1.57. The molecule has 1 aromatic heterocycles. The van der Waals surface area contributed by atoms with Gasteiger partial charge in [-0.2, -0.15) is 0 Å². The van der Waals surface area contributed by atoms with Crippen molar-refractivity contribution in [1.82, 2.24) is 4.57 Å². The number of hydrogen-bond acceptors (Lipinski definition) is 1. The van der Waals surface area contributed by atoms with E-state index in [0.717, 1.165) is 29.3 Å². The highest BCUT2D eigenvalue weighted by atomic mass is 16.1. The zero-order valence-corrected chi connectivity index (χ0v) is 10.5. The van der Waals surface area contributed by atoms with E-state index in [9.17, 15) is 4.79 Å². The van der Waals surface area contributed by atoms with Gasteiger partial charge in [-0.3, -0.25) is 4.79 Å². The number of fused-ring (bicyclic) bond motifs is 1. The smallest absolute Gasteiger partial charge is 0.150 e. The number of rotatable bonds is 5. The summed E-state index contributed by atoms with van der Waals surface area (Å²) in [5.74, 6) is 0.676. The molecule has 0 aliphatic rings. The molecule has 0 bridgehead atoms. The number of aromatic nitrogens is 1. The highest BCUT2D eigenvalue weighted by molar-refractivity contribution is 5.97. The van der Waals surface area contributed by atoms with Crippen LogP contribution in [0.25, 0.3) is 10.9 Å². The van der Waals surface area contributed by atoms with Gasteiger partial charge in [-0.15, -0.1) is 0 Å². The van der Waals surface area contributed by atoms with E-state index in [4.69, 9.17) is 0 Å². The Morgan fingerprint density at radius 2 is 2.18 bits per heavy atom. The number of carbonyl (C=O) groups excluding carboxylic acids is 1. The van der Waals surface area contributed by atoms with Crippen LogP contribution < -0.4 is 0 Å². The Morgan fingerprint density at radius 1 is 1.35 bits per heavy atom. The molecule has 0 aliphatic heterocycles. The molecule has 1 unspecified atom stereocenters. The number of benzene rings is 1. The summed E-state index contributed by atoms with van der Waals surface area (Å²) >= 11 is 0. The van der Waals surface area contributed by atoms with Gasteiger partial charge in [0.2, 0.25) is 0 Å². The lowest BCUT2D eigenvalue weighted by molar-refractivity contribution is 0.112. The molecule has 0 saturated heterocycles. The molecule has 0 N–H and O–H groups in total. The predicted molar refractivity (Wildman–Crippen MR) is 71.4 cm³/mol. The maximum atomic E-state index is 10.9. The lowest BCUT2D eigenvalue weighted by Gasteiger charge is -2.12. The second-order valence-electron chi connectivity index (χ2n) is 4.76. The Balaban J connectivity index is 2.33. The molecule has 1 aromatic carbocycles. The first-order valence-electron chi connectivity index (χ1n) is 6.29. The van der Waals surface area contributed by atoms with Crippen LogP contribution in [0.2, 0.25) is 0 Å². The second-order valence-corrected chi connectivity index (χ2v) is 4.76. The van der Waals surface area contributed by atoms with E-state index in [1.165, 1.54) is 12.8 Å². The fraction of sp³-hybridized carbons (Fsp3) is 0.400. The molecule has 2 nitrogen and oxygen atoms in total. The first-order valence-corrected chi connectivity index (χ1v) is 6.29. The van der Waals surface area contributed by atoms with Gasteiger partial charge in [0, 0.05) is 29.2 Å². The lowest BCUT2D eigenvalue weighted by atomic mass is 10.1. The standard InChI is InChI=1S/C15H19NO/c1-3-5-12(2)10-16-9-8-14-13(11-17)6-4-7-15(14)16/h4,6-9,11-12H,3,5,10H2,1-2H3. The van der Waals surface area contributed by atoms with Crippen molar-refractivity contribution in [1.29, 1.82) is 0 Å². The monoisotopic (exact) mass is 229 g/mol. The van der Waals surface area contributed by atoms with Gasteiger partial charge in [0.1, 0.15) is 0 Å². The van der Waals surface area contributed by atoms with Gasteiger partial charge in [-0.25, -0.2) is 0 Å². The average molecular weight is 229 g/mol. The predicted octanol–water partition coefficient (Wildman–Crippen LogP) is 3.89. The van der Waals surface area contributed by atoms with Gasteiger partial charge in [0.15, 0.2) is 6.29 Å². The van der Waals surface area contributed by atoms with Gasteiger partial charge in [-0.1, -0.05) is 32.4 Å². The normalized spacial score (nSPS) is 12.8. The minimum Gasteiger partial charge on any atom is -0.347 e. The summed E-state index contributed by atoms with van der Waals surface area (Å²) < 4.78 is 2.25. The van der Waals surface area contributed by atoms with Crippen molar-refractivity contribution in [3.8, 4) is 0 Å². The molecule has 2 heteroatoms. The van der Waals surface area contributed by atoms with Gasteiger partial charge in [0.05, 0.1) is 0 Å². The molecule has 0 saturated carbocycles. The molecule has 1 heterocycles. The van der Waals surface area contributed by atoms with E-state index in [1.54, 1.807) is 0 Å². The highest BCUT2D eigenvalue weighted by Crippen LogP contribution is 2.21. The van der Waals surface area contributed by atoms with E-state index in [-0.39, 0.29) is 0 Å². The number of hydrogen-bond donors (Lipinski definition) is 0. The average Bonchev–Trinajstić information content (AvgIpc) is 2.73. The minimum atomic E-state index is 0.676. The van der Waals surface area contributed by atoms with Crippen LogP contribution in [0.5, 0.6) is 0 Å². The van der Waals surface area contributed by atoms with Crippen LogP contribution in [0.3, 0.4) is 0 Å². The summed E-state index contributed by atoms with van der Waals surface area (Å²) in [7, 11) is 0. The quantitative estimate of drug-likeness (QED) is 0.713. The first-order chi connectivity index (χ1) is 8.26. The molecule has 17 heavy (non-hydrogen) atoms. The molecule has 0 radical (unpaired) electrons. The zero-order valence-electron chi connectivity index (χ0n) is 10.5. The van der Waals surface area contributed by atoms with E-state index in [2.05, 4.69) is 30.7 Å². The molecule has 1 atom stereocenters. The third-order valence-electron chi connectivity index (χ3n) is 3.26. The number of nitrogens with zero attached hydrogens (tertiary/aromatic N) is 1. The van der Waals surface area contributed by atoms with E-state index < -0.39 is 0 Å². The van der Waals surface area contributed by atoms with Crippen LogP contribution in [-0.4, -0.2) is 10.9 Å². The summed E-state index contributed by atoms with van der Waals surface area (Å²) in [5, 5.41) is 1.06. The SMILES string of the molecule is CCCC(C)Cn1ccc2c(C=O)cccc21. The lowest BCUT2D eigenvalue weighted by Crippen LogP contribution is -2.06. The van der Waals surface area contributed by atoms with Crippen LogP contribution in [0, 0.1) is 5.92 Å². The van der Waals surface area contributed by atoms with Crippen LogP contribution in [0.4, 0.5) is 0 Å². The van der Waals surface area contributed by atoms with Crippen molar-refractivity contribution in [3.05, 3.63) is 36.0 Å². The Bertz CT molecular complexity index is 513. The molecular weight excluding hydrogens is 210 g/mol. The van der Waals surface area contributed by atoms with Crippen LogP contribution in [-0.2, 0) is 6.54 Å². The van der Waals surface area contributed by atoms with Crippen LogP contribution in [0.15, 0.2) is 30.5 Å². The molecule has 0 aliphatic carbocycles. The molecule has 2 aromatic rings. The van der Waals surface area contributed by atoms with Crippen molar-refractivity contribution in [3.63, 3.8) is 0 Å². The van der Waals surface area contributed by atoms with Crippen molar-refractivity contribution in [2.24, 2.45) is 5.92 Å². The van der Waals surface area contributed by atoms with Crippen molar-refractivity contribution < 1.29 is 4.79 Å². The molecule has 90 valence electrons. The van der Waals surface area contributed by atoms with E-state index >= 15 is 0 Å². The van der Waals surface area contributed by atoms with E-state index in [1.807, 2.05) is 18.2 Å². The summed E-state index contributed by atoms with van der Waals surface area (Å²) in [4.78, 5) is 10.9. The Kier molecular flexibility index (Phi) is 3.62. The van der Waals surface area contributed by atoms with Gasteiger partial charge >= 0.3 is 0 Å². The van der Waals surface area contributed by atoms with Crippen molar-refractivity contribution in [2.75, 3.05) is 0 Å². The third kappa shape index (κ3) is 2.41. The second kappa shape index (κ2) is 5.17. The topological polar surface area (TPSA) is 22.0 Å². The molecular formula is C15H19NO. The molecule has 2 rings (SSSR count). The summed E-state index contributed by atoms with van der Waals surface area (Å²) in [6, 6.07) is 7.95. The Morgan fingerprint density at radius 3 is 2.88 bits per heavy atom. The van der Waals surface area contributed by atoms with Crippen molar-refractivity contribution >= 4 is 17.2 Å². The number of carbonyl (C=O) groups is 1. The van der Waals surface area contributed by atoms with Crippen LogP contribution in [0.1, 0.15) is 37.0 Å². The maximum absolute atomic E-state index is 10.9. The van der Waals surface area contributed by atoms with Gasteiger partial charge in [-0.05, 0) is 24.5 Å². The fourth-order valence-electron chi connectivity index (χ4n) is 2.43. The van der Waals surface area contributed by atoms with Crippen LogP contribution >= 0.6 is 0 Å². The van der Waals surface area contributed by atoms with Gasteiger partial charge < -0.3 is 4.57 Å². The summed E-state index contributed by atoms with van der Waals surface area (Å²) in [6.45, 7) is 5.52. The minimum absolute atomic E-state index is 0.676. The molecule has 0 amide bonds. The molecule has 0 fully saturated rings. The zero-order chi connectivity index (χ0) is 12.3. The maximum Gasteiger partial charge on any atom is 0.150 e. The van der Waals surface area contributed by atoms with E-state index in [0.29, 0.717) is 5.92 Å². The summed E-state index contributed by atoms with van der Waals surface area (Å²) in [6.07, 6.45) is 5.49. The summed E-state index contributed by atoms with van der Waals surface area (Å²) in [5.41, 5.74) is 1.95. The number of aldehydes is 1. The largest absolute Gasteiger partial charge is 0.347 e.